The van der Waals surface area contributed by atoms with E-state index in [-0.39, 0.29) is 12.3 Å². The lowest BCUT2D eigenvalue weighted by atomic mass is 10.0. The average molecular weight is 162 g/mol. The predicted molar refractivity (Wildman–Crippen MR) is 39.1 cm³/mol. The van der Waals surface area contributed by atoms with Crippen LogP contribution in [0.1, 0.15) is 6.42 Å². The standard InChI is InChI=1S/C6H10O3S/c7-5-3-10-2-4(5)1-6(8)9/h4-5,7H,1-3H2,(H,8,9)/t4-,5+/m0/s1. The predicted octanol–water partition coefficient (Wildman–Crippen LogP) is 0.185. The fourth-order valence-electron chi connectivity index (χ4n) is 1.01. The van der Waals surface area contributed by atoms with Crippen LogP contribution in [0.4, 0.5) is 0 Å². The molecule has 4 heteroatoms. The van der Waals surface area contributed by atoms with Crippen molar-refractivity contribution in [1.29, 1.82) is 0 Å². The molecule has 0 aliphatic carbocycles. The van der Waals surface area contributed by atoms with Crippen molar-refractivity contribution in [2.45, 2.75) is 12.5 Å². The lowest BCUT2D eigenvalue weighted by Crippen LogP contribution is -2.20. The third kappa shape index (κ3) is 1.88. The van der Waals surface area contributed by atoms with Crippen molar-refractivity contribution in [2.75, 3.05) is 11.5 Å². The van der Waals surface area contributed by atoms with Crippen molar-refractivity contribution >= 4 is 17.7 Å². The molecule has 1 aliphatic rings. The largest absolute Gasteiger partial charge is 0.481 e. The van der Waals surface area contributed by atoms with Crippen LogP contribution in [0, 0.1) is 5.92 Å². The maximum absolute atomic E-state index is 10.2. The molecule has 1 saturated heterocycles. The Morgan fingerprint density at radius 2 is 2.30 bits per heavy atom. The van der Waals surface area contributed by atoms with Crippen LogP contribution in [0.5, 0.6) is 0 Å². The first kappa shape index (κ1) is 7.88. The molecule has 3 nitrogen and oxygen atoms in total. The Hall–Kier alpha value is -0.220. The summed E-state index contributed by atoms with van der Waals surface area (Å²) in [6.45, 7) is 0. The van der Waals surface area contributed by atoms with Crippen molar-refractivity contribution in [2.24, 2.45) is 5.92 Å². The first-order chi connectivity index (χ1) is 4.70. The van der Waals surface area contributed by atoms with Crippen LogP contribution < -0.4 is 0 Å². The van der Waals surface area contributed by atoms with E-state index < -0.39 is 12.1 Å². The molecule has 1 fully saturated rings. The summed E-state index contributed by atoms with van der Waals surface area (Å²) in [5, 5.41) is 17.5. The Morgan fingerprint density at radius 1 is 1.60 bits per heavy atom. The van der Waals surface area contributed by atoms with Crippen LogP contribution in [0.15, 0.2) is 0 Å². The van der Waals surface area contributed by atoms with E-state index in [2.05, 4.69) is 0 Å². The number of rotatable bonds is 2. The van der Waals surface area contributed by atoms with Gasteiger partial charge in [0.1, 0.15) is 0 Å². The normalized spacial score (nSPS) is 32.5. The van der Waals surface area contributed by atoms with Gasteiger partial charge in [0, 0.05) is 11.7 Å². The number of aliphatic hydroxyl groups excluding tert-OH is 1. The highest BCUT2D eigenvalue weighted by Crippen LogP contribution is 2.26. The molecule has 0 aromatic heterocycles. The molecule has 0 bridgehead atoms. The number of hydrogen-bond donors (Lipinski definition) is 2. The number of aliphatic hydroxyl groups is 1. The molecule has 1 heterocycles. The van der Waals surface area contributed by atoms with E-state index in [1.165, 1.54) is 0 Å². The smallest absolute Gasteiger partial charge is 0.303 e. The summed E-state index contributed by atoms with van der Waals surface area (Å²) < 4.78 is 0. The Labute approximate surface area is 63.4 Å². The monoisotopic (exact) mass is 162 g/mol. The van der Waals surface area contributed by atoms with E-state index in [9.17, 15) is 4.79 Å². The van der Waals surface area contributed by atoms with Gasteiger partial charge in [-0.2, -0.15) is 11.8 Å². The van der Waals surface area contributed by atoms with Crippen molar-refractivity contribution in [3.63, 3.8) is 0 Å². The van der Waals surface area contributed by atoms with Crippen molar-refractivity contribution in [3.05, 3.63) is 0 Å². The summed E-state index contributed by atoms with van der Waals surface area (Å²) in [4.78, 5) is 10.2. The maximum atomic E-state index is 10.2. The second-order valence-electron chi connectivity index (χ2n) is 2.46. The molecule has 58 valence electrons. The van der Waals surface area contributed by atoms with Gasteiger partial charge in [-0.1, -0.05) is 0 Å². The maximum Gasteiger partial charge on any atom is 0.303 e. The average Bonchev–Trinajstić information content (AvgIpc) is 2.15. The summed E-state index contributed by atoms with van der Waals surface area (Å²) in [7, 11) is 0. The Kier molecular flexibility index (Phi) is 2.56. The number of carboxylic acids is 1. The minimum Gasteiger partial charge on any atom is -0.481 e. The molecule has 1 rings (SSSR count). The van der Waals surface area contributed by atoms with E-state index in [1.807, 2.05) is 0 Å². The first-order valence-corrected chi connectivity index (χ1v) is 4.33. The van der Waals surface area contributed by atoms with Gasteiger partial charge in [0.05, 0.1) is 12.5 Å². The fourth-order valence-corrected chi connectivity index (χ4v) is 2.30. The van der Waals surface area contributed by atoms with Crippen molar-refractivity contribution in [3.8, 4) is 0 Å². The second-order valence-corrected chi connectivity index (χ2v) is 3.54. The van der Waals surface area contributed by atoms with Crippen LogP contribution in [0.25, 0.3) is 0 Å². The van der Waals surface area contributed by atoms with Gasteiger partial charge in [0.2, 0.25) is 0 Å². The topological polar surface area (TPSA) is 57.5 Å². The Bertz CT molecular complexity index is 137. The first-order valence-electron chi connectivity index (χ1n) is 3.17. The molecule has 10 heavy (non-hydrogen) atoms. The van der Waals surface area contributed by atoms with E-state index >= 15 is 0 Å². The van der Waals surface area contributed by atoms with Gasteiger partial charge in [0.15, 0.2) is 0 Å². The van der Waals surface area contributed by atoms with Crippen LogP contribution in [-0.2, 0) is 4.79 Å². The minimum atomic E-state index is -0.813. The zero-order chi connectivity index (χ0) is 7.56. The molecular formula is C6H10O3S. The second kappa shape index (κ2) is 3.25. The summed E-state index contributed by atoms with van der Waals surface area (Å²) in [6.07, 6.45) is -0.296. The van der Waals surface area contributed by atoms with Gasteiger partial charge in [-0.25, -0.2) is 0 Å². The zero-order valence-electron chi connectivity index (χ0n) is 5.49. The molecule has 0 saturated carbocycles. The molecule has 0 spiro atoms. The van der Waals surface area contributed by atoms with Gasteiger partial charge in [-0.3, -0.25) is 4.79 Å². The highest BCUT2D eigenvalue weighted by molar-refractivity contribution is 7.99. The summed E-state index contributed by atoms with van der Waals surface area (Å²) in [5.74, 6) is 0.639. The number of carbonyl (C=O) groups is 1. The number of thioether (sulfide) groups is 1. The molecule has 0 radical (unpaired) electrons. The molecule has 0 amide bonds. The Balaban J connectivity index is 2.33. The van der Waals surface area contributed by atoms with Crippen LogP contribution in [0.2, 0.25) is 0 Å². The SMILES string of the molecule is O=C(O)C[C@H]1CSC[C@H]1O. The number of aliphatic carboxylic acids is 1. The van der Waals surface area contributed by atoms with Crippen LogP contribution in [-0.4, -0.2) is 33.8 Å². The minimum absolute atomic E-state index is 0.0255. The van der Waals surface area contributed by atoms with E-state index in [0.29, 0.717) is 5.75 Å². The molecule has 2 atom stereocenters. The van der Waals surface area contributed by atoms with Gasteiger partial charge < -0.3 is 10.2 Å². The molecular weight excluding hydrogens is 152 g/mol. The summed E-state index contributed by atoms with van der Waals surface area (Å²) in [5.41, 5.74) is 0. The van der Waals surface area contributed by atoms with Crippen LogP contribution >= 0.6 is 11.8 Å². The van der Waals surface area contributed by atoms with Crippen LogP contribution in [0.3, 0.4) is 0 Å². The van der Waals surface area contributed by atoms with Gasteiger partial charge in [-0.15, -0.1) is 0 Å². The lowest BCUT2D eigenvalue weighted by molar-refractivity contribution is -0.138. The highest BCUT2D eigenvalue weighted by atomic mass is 32.2. The quantitative estimate of drug-likeness (QED) is 0.608. The molecule has 1 aliphatic heterocycles. The van der Waals surface area contributed by atoms with Gasteiger partial charge >= 0.3 is 5.97 Å². The lowest BCUT2D eigenvalue weighted by Gasteiger charge is -2.08. The number of carboxylic acid groups (broad SMARTS) is 1. The highest BCUT2D eigenvalue weighted by Gasteiger charge is 2.27. The molecule has 0 aromatic rings. The van der Waals surface area contributed by atoms with Crippen molar-refractivity contribution in [1.82, 2.24) is 0 Å². The molecule has 2 N–H and O–H groups in total. The Morgan fingerprint density at radius 3 is 2.70 bits per heavy atom. The zero-order valence-corrected chi connectivity index (χ0v) is 6.30. The van der Waals surface area contributed by atoms with Crippen molar-refractivity contribution < 1.29 is 15.0 Å². The third-order valence-electron chi connectivity index (χ3n) is 1.60. The molecule has 0 aromatic carbocycles. The third-order valence-corrected chi connectivity index (χ3v) is 2.84. The van der Waals surface area contributed by atoms with Gasteiger partial charge in [0.25, 0.3) is 0 Å². The van der Waals surface area contributed by atoms with E-state index in [0.717, 1.165) is 5.75 Å². The summed E-state index contributed by atoms with van der Waals surface area (Å²) >= 11 is 1.62. The fraction of sp³-hybridized carbons (Fsp3) is 0.833. The summed E-state index contributed by atoms with van der Waals surface area (Å²) in [6, 6.07) is 0. The van der Waals surface area contributed by atoms with E-state index in [1.54, 1.807) is 11.8 Å². The van der Waals surface area contributed by atoms with E-state index in [4.69, 9.17) is 10.2 Å². The number of hydrogen-bond acceptors (Lipinski definition) is 3. The van der Waals surface area contributed by atoms with Gasteiger partial charge in [-0.05, 0) is 5.75 Å². The molecule has 0 unspecified atom stereocenters.